The van der Waals surface area contributed by atoms with Crippen LogP contribution in [0.1, 0.15) is 22.8 Å². The molecule has 4 heteroatoms. The van der Waals surface area contributed by atoms with E-state index in [2.05, 4.69) is 12.2 Å². The normalized spacial score (nSPS) is 10.2. The molecule has 0 aromatic heterocycles. The van der Waals surface area contributed by atoms with Gasteiger partial charge in [-0.1, -0.05) is 25.1 Å². The lowest BCUT2D eigenvalue weighted by Crippen LogP contribution is -2.14. The standard InChI is InChI=1S/C15H17N3O/c1-2-10-5-3-4-6-13(10)18-14-8-7-11(16)9-12(14)15(17)19/h3-9,18H,2,16H2,1H3,(H2,17,19). The number of anilines is 3. The predicted octanol–water partition coefficient (Wildman–Crippen LogP) is 2.67. The minimum absolute atomic E-state index is 0.394. The lowest BCUT2D eigenvalue weighted by atomic mass is 10.1. The molecular weight excluding hydrogens is 238 g/mol. The van der Waals surface area contributed by atoms with Crippen molar-refractivity contribution in [3.05, 3.63) is 53.6 Å². The van der Waals surface area contributed by atoms with Crippen LogP contribution in [0.4, 0.5) is 17.1 Å². The topological polar surface area (TPSA) is 81.1 Å². The Hall–Kier alpha value is -2.49. The van der Waals surface area contributed by atoms with Gasteiger partial charge in [-0.05, 0) is 36.2 Å². The van der Waals surface area contributed by atoms with Crippen molar-refractivity contribution in [1.82, 2.24) is 0 Å². The summed E-state index contributed by atoms with van der Waals surface area (Å²) in [5, 5.41) is 3.24. The first-order valence-electron chi connectivity index (χ1n) is 6.16. The molecule has 0 aliphatic heterocycles. The zero-order chi connectivity index (χ0) is 13.8. The summed E-state index contributed by atoms with van der Waals surface area (Å²) in [5.41, 5.74) is 14.8. The van der Waals surface area contributed by atoms with Crippen molar-refractivity contribution >= 4 is 23.0 Å². The molecular formula is C15H17N3O. The van der Waals surface area contributed by atoms with Crippen molar-refractivity contribution in [3.8, 4) is 0 Å². The predicted molar refractivity (Wildman–Crippen MR) is 78.5 cm³/mol. The zero-order valence-corrected chi connectivity index (χ0v) is 10.8. The molecule has 0 bridgehead atoms. The van der Waals surface area contributed by atoms with E-state index < -0.39 is 5.91 Å². The number of hydrogen-bond acceptors (Lipinski definition) is 3. The van der Waals surface area contributed by atoms with Gasteiger partial charge in [-0.2, -0.15) is 0 Å². The second-order valence-corrected chi connectivity index (χ2v) is 4.30. The molecule has 0 radical (unpaired) electrons. The van der Waals surface area contributed by atoms with Gasteiger partial charge in [0.1, 0.15) is 0 Å². The van der Waals surface area contributed by atoms with Crippen LogP contribution < -0.4 is 16.8 Å². The highest BCUT2D eigenvalue weighted by molar-refractivity contribution is 6.00. The number of aryl methyl sites for hydroxylation is 1. The van der Waals surface area contributed by atoms with Crippen LogP contribution in [-0.2, 0) is 6.42 Å². The van der Waals surface area contributed by atoms with Gasteiger partial charge >= 0.3 is 0 Å². The Bertz CT molecular complexity index is 608. The van der Waals surface area contributed by atoms with E-state index >= 15 is 0 Å². The average molecular weight is 255 g/mol. The van der Waals surface area contributed by atoms with Gasteiger partial charge in [-0.3, -0.25) is 4.79 Å². The lowest BCUT2D eigenvalue weighted by molar-refractivity contribution is 0.100. The number of nitrogen functional groups attached to an aromatic ring is 1. The molecule has 19 heavy (non-hydrogen) atoms. The minimum Gasteiger partial charge on any atom is -0.399 e. The van der Waals surface area contributed by atoms with Gasteiger partial charge < -0.3 is 16.8 Å². The second kappa shape index (κ2) is 5.44. The molecule has 98 valence electrons. The van der Waals surface area contributed by atoms with Crippen molar-refractivity contribution in [2.24, 2.45) is 5.73 Å². The van der Waals surface area contributed by atoms with Crippen molar-refractivity contribution < 1.29 is 4.79 Å². The highest BCUT2D eigenvalue weighted by Gasteiger charge is 2.10. The molecule has 0 aliphatic rings. The Morgan fingerprint density at radius 2 is 1.89 bits per heavy atom. The number of amides is 1. The molecule has 0 atom stereocenters. The minimum atomic E-state index is -0.497. The highest BCUT2D eigenvalue weighted by atomic mass is 16.1. The first-order chi connectivity index (χ1) is 9.11. The Labute approximate surface area is 112 Å². The monoisotopic (exact) mass is 255 g/mol. The third-order valence-corrected chi connectivity index (χ3v) is 2.98. The Morgan fingerprint density at radius 1 is 1.16 bits per heavy atom. The number of hydrogen-bond donors (Lipinski definition) is 3. The summed E-state index contributed by atoms with van der Waals surface area (Å²) in [6, 6.07) is 13.0. The maximum absolute atomic E-state index is 11.4. The maximum atomic E-state index is 11.4. The summed E-state index contributed by atoms with van der Waals surface area (Å²) in [4.78, 5) is 11.4. The number of rotatable bonds is 4. The van der Waals surface area contributed by atoms with Gasteiger partial charge in [0, 0.05) is 11.4 Å². The van der Waals surface area contributed by atoms with Gasteiger partial charge in [-0.25, -0.2) is 0 Å². The third-order valence-electron chi connectivity index (χ3n) is 2.98. The van der Waals surface area contributed by atoms with Crippen LogP contribution in [0.2, 0.25) is 0 Å². The summed E-state index contributed by atoms with van der Waals surface area (Å²) < 4.78 is 0. The average Bonchev–Trinajstić information content (AvgIpc) is 2.41. The maximum Gasteiger partial charge on any atom is 0.250 e. The zero-order valence-electron chi connectivity index (χ0n) is 10.8. The summed E-state index contributed by atoms with van der Waals surface area (Å²) in [6.07, 6.45) is 0.907. The van der Waals surface area contributed by atoms with E-state index in [1.807, 2.05) is 24.3 Å². The van der Waals surface area contributed by atoms with E-state index in [0.29, 0.717) is 16.9 Å². The molecule has 0 fully saturated rings. The van der Waals surface area contributed by atoms with Crippen LogP contribution >= 0.6 is 0 Å². The summed E-state index contributed by atoms with van der Waals surface area (Å²) >= 11 is 0. The van der Waals surface area contributed by atoms with E-state index in [4.69, 9.17) is 11.5 Å². The van der Waals surface area contributed by atoms with Crippen LogP contribution in [0.15, 0.2) is 42.5 Å². The summed E-state index contributed by atoms with van der Waals surface area (Å²) in [7, 11) is 0. The molecule has 0 unspecified atom stereocenters. The number of carbonyl (C=O) groups is 1. The smallest absolute Gasteiger partial charge is 0.250 e. The fraction of sp³-hybridized carbons (Fsp3) is 0.133. The Balaban J connectivity index is 2.41. The van der Waals surface area contributed by atoms with Crippen LogP contribution in [0, 0.1) is 0 Å². The van der Waals surface area contributed by atoms with Crippen LogP contribution in [0.25, 0.3) is 0 Å². The van der Waals surface area contributed by atoms with Gasteiger partial charge in [0.15, 0.2) is 0 Å². The van der Waals surface area contributed by atoms with Gasteiger partial charge in [0.2, 0.25) is 0 Å². The van der Waals surface area contributed by atoms with Crippen LogP contribution in [0.5, 0.6) is 0 Å². The molecule has 2 aromatic rings. The molecule has 0 aliphatic carbocycles. The van der Waals surface area contributed by atoms with E-state index in [1.54, 1.807) is 18.2 Å². The van der Waals surface area contributed by atoms with Crippen LogP contribution in [-0.4, -0.2) is 5.91 Å². The molecule has 0 heterocycles. The van der Waals surface area contributed by atoms with E-state index in [-0.39, 0.29) is 0 Å². The molecule has 5 N–H and O–H groups in total. The van der Waals surface area contributed by atoms with Crippen molar-refractivity contribution in [3.63, 3.8) is 0 Å². The Morgan fingerprint density at radius 3 is 2.58 bits per heavy atom. The summed E-state index contributed by atoms with van der Waals surface area (Å²) in [5.74, 6) is -0.497. The highest BCUT2D eigenvalue weighted by Crippen LogP contribution is 2.25. The molecule has 0 saturated heterocycles. The number of primary amides is 1. The third kappa shape index (κ3) is 2.85. The van der Waals surface area contributed by atoms with E-state index in [0.717, 1.165) is 12.1 Å². The molecule has 1 amide bonds. The fourth-order valence-corrected chi connectivity index (χ4v) is 1.97. The molecule has 0 saturated carbocycles. The van der Waals surface area contributed by atoms with E-state index in [9.17, 15) is 4.79 Å². The van der Waals surface area contributed by atoms with Gasteiger partial charge in [-0.15, -0.1) is 0 Å². The van der Waals surface area contributed by atoms with Crippen LogP contribution in [0.3, 0.4) is 0 Å². The van der Waals surface area contributed by atoms with Crippen molar-refractivity contribution in [2.45, 2.75) is 13.3 Å². The van der Waals surface area contributed by atoms with Crippen molar-refractivity contribution in [2.75, 3.05) is 11.1 Å². The fourth-order valence-electron chi connectivity index (χ4n) is 1.97. The first kappa shape index (κ1) is 13.0. The summed E-state index contributed by atoms with van der Waals surface area (Å²) in [6.45, 7) is 2.08. The molecule has 2 aromatic carbocycles. The van der Waals surface area contributed by atoms with Crippen molar-refractivity contribution in [1.29, 1.82) is 0 Å². The van der Waals surface area contributed by atoms with Gasteiger partial charge in [0.25, 0.3) is 5.91 Å². The number of para-hydroxylation sites is 1. The number of carbonyl (C=O) groups excluding carboxylic acids is 1. The SMILES string of the molecule is CCc1ccccc1Nc1ccc(N)cc1C(N)=O. The molecule has 2 rings (SSSR count). The molecule has 4 nitrogen and oxygen atoms in total. The second-order valence-electron chi connectivity index (χ2n) is 4.30. The first-order valence-corrected chi connectivity index (χ1v) is 6.16. The number of benzene rings is 2. The number of nitrogens with two attached hydrogens (primary N) is 2. The molecule has 0 spiro atoms. The lowest BCUT2D eigenvalue weighted by Gasteiger charge is -2.13. The Kier molecular flexibility index (Phi) is 3.71. The number of nitrogens with one attached hydrogen (secondary N) is 1. The quantitative estimate of drug-likeness (QED) is 0.735. The van der Waals surface area contributed by atoms with E-state index in [1.165, 1.54) is 5.56 Å². The largest absolute Gasteiger partial charge is 0.399 e. The van der Waals surface area contributed by atoms with Gasteiger partial charge in [0.05, 0.1) is 11.3 Å².